The topological polar surface area (TPSA) is 49.4 Å². The third-order valence-electron chi connectivity index (χ3n) is 4.40. The van der Waals surface area contributed by atoms with Gasteiger partial charge in [-0.25, -0.2) is 0 Å². The first kappa shape index (κ1) is 21.0. The summed E-state index contributed by atoms with van der Waals surface area (Å²) in [7, 11) is 0. The number of hydrogen-bond acceptors (Lipinski definition) is 2. The molecule has 0 saturated heterocycles. The standard InChI is InChI=1S/C22H27ClN2O2/c1-4-11-24-22(27)17(3)25(15-19-9-6-10-20(23)13-19)21(26)14-18-8-5-7-16(2)12-18/h5-10,12-13,17H,4,11,14-15H2,1-3H3,(H,24,27)/t17-/m0/s1. The van der Waals surface area contributed by atoms with Crippen LogP contribution in [0.15, 0.2) is 48.5 Å². The normalized spacial score (nSPS) is 11.7. The van der Waals surface area contributed by atoms with Crippen LogP contribution in [-0.4, -0.2) is 29.3 Å². The fourth-order valence-corrected chi connectivity index (χ4v) is 3.12. The lowest BCUT2D eigenvalue weighted by Gasteiger charge is -2.29. The molecule has 0 aromatic heterocycles. The summed E-state index contributed by atoms with van der Waals surface area (Å²) in [5.41, 5.74) is 2.95. The lowest BCUT2D eigenvalue weighted by Crippen LogP contribution is -2.48. The van der Waals surface area contributed by atoms with Gasteiger partial charge in [0, 0.05) is 18.1 Å². The number of aryl methyl sites for hydroxylation is 1. The van der Waals surface area contributed by atoms with E-state index in [1.165, 1.54) is 0 Å². The van der Waals surface area contributed by atoms with Crippen molar-refractivity contribution in [2.24, 2.45) is 0 Å². The zero-order chi connectivity index (χ0) is 19.8. The molecule has 4 nitrogen and oxygen atoms in total. The molecule has 2 aromatic rings. The second-order valence-electron chi connectivity index (χ2n) is 6.78. The maximum absolute atomic E-state index is 13.0. The van der Waals surface area contributed by atoms with E-state index in [1.807, 2.05) is 56.3 Å². The number of carbonyl (C=O) groups excluding carboxylic acids is 2. The molecule has 2 aromatic carbocycles. The Morgan fingerprint density at radius 3 is 2.48 bits per heavy atom. The molecule has 0 fully saturated rings. The molecule has 0 unspecified atom stereocenters. The van der Waals surface area contributed by atoms with Crippen LogP contribution in [0.4, 0.5) is 0 Å². The van der Waals surface area contributed by atoms with Gasteiger partial charge in [-0.3, -0.25) is 9.59 Å². The SMILES string of the molecule is CCCNC(=O)[C@H](C)N(Cc1cccc(Cl)c1)C(=O)Cc1cccc(C)c1. The number of nitrogens with one attached hydrogen (secondary N) is 1. The number of rotatable bonds is 8. The first-order valence-electron chi connectivity index (χ1n) is 9.28. The molecule has 27 heavy (non-hydrogen) atoms. The summed E-state index contributed by atoms with van der Waals surface area (Å²) >= 11 is 6.08. The summed E-state index contributed by atoms with van der Waals surface area (Å²) in [6.07, 6.45) is 1.11. The number of amides is 2. The summed E-state index contributed by atoms with van der Waals surface area (Å²) in [5, 5.41) is 3.49. The largest absolute Gasteiger partial charge is 0.354 e. The Hall–Kier alpha value is -2.33. The van der Waals surface area contributed by atoms with Crippen LogP contribution in [0.2, 0.25) is 5.02 Å². The van der Waals surface area contributed by atoms with Crippen molar-refractivity contribution in [1.29, 1.82) is 0 Å². The van der Waals surface area contributed by atoms with E-state index in [9.17, 15) is 9.59 Å². The highest BCUT2D eigenvalue weighted by molar-refractivity contribution is 6.30. The average molecular weight is 387 g/mol. The molecule has 0 heterocycles. The number of benzene rings is 2. The van der Waals surface area contributed by atoms with Crippen LogP contribution in [0.25, 0.3) is 0 Å². The van der Waals surface area contributed by atoms with E-state index < -0.39 is 6.04 Å². The third-order valence-corrected chi connectivity index (χ3v) is 4.63. The van der Waals surface area contributed by atoms with E-state index in [1.54, 1.807) is 17.9 Å². The summed E-state index contributed by atoms with van der Waals surface area (Å²) in [4.78, 5) is 27.2. The Kier molecular flexibility index (Phi) is 7.86. The maximum Gasteiger partial charge on any atom is 0.242 e. The average Bonchev–Trinajstić information content (AvgIpc) is 2.63. The minimum absolute atomic E-state index is 0.0836. The second kappa shape index (κ2) is 10.1. The predicted octanol–water partition coefficient (Wildman–Crippen LogP) is 4.13. The number of hydrogen-bond donors (Lipinski definition) is 1. The van der Waals surface area contributed by atoms with Crippen molar-refractivity contribution < 1.29 is 9.59 Å². The molecule has 0 bridgehead atoms. The Morgan fingerprint density at radius 2 is 1.81 bits per heavy atom. The van der Waals surface area contributed by atoms with Crippen molar-refractivity contribution in [3.05, 3.63) is 70.2 Å². The van der Waals surface area contributed by atoms with Gasteiger partial charge in [-0.05, 0) is 43.5 Å². The Labute approximate surface area is 166 Å². The highest BCUT2D eigenvalue weighted by Gasteiger charge is 2.26. The summed E-state index contributed by atoms with van der Waals surface area (Å²) in [6.45, 7) is 6.70. The second-order valence-corrected chi connectivity index (χ2v) is 7.22. The summed E-state index contributed by atoms with van der Waals surface area (Å²) in [6, 6.07) is 14.7. The molecular formula is C22H27ClN2O2. The van der Waals surface area contributed by atoms with Crippen LogP contribution in [0, 0.1) is 6.92 Å². The molecule has 5 heteroatoms. The quantitative estimate of drug-likeness (QED) is 0.741. The van der Waals surface area contributed by atoms with Gasteiger partial charge >= 0.3 is 0 Å². The Balaban J connectivity index is 2.21. The lowest BCUT2D eigenvalue weighted by atomic mass is 10.1. The predicted molar refractivity (Wildman–Crippen MR) is 110 cm³/mol. The van der Waals surface area contributed by atoms with Crippen LogP contribution in [0.5, 0.6) is 0 Å². The van der Waals surface area contributed by atoms with Gasteiger partial charge in [0.05, 0.1) is 6.42 Å². The summed E-state index contributed by atoms with van der Waals surface area (Å²) in [5.74, 6) is -0.226. The first-order chi connectivity index (χ1) is 12.9. The first-order valence-corrected chi connectivity index (χ1v) is 9.65. The number of halogens is 1. The molecule has 0 radical (unpaired) electrons. The molecule has 0 aliphatic rings. The monoisotopic (exact) mass is 386 g/mol. The smallest absolute Gasteiger partial charge is 0.242 e. The fourth-order valence-electron chi connectivity index (χ4n) is 2.91. The van der Waals surface area contributed by atoms with Crippen LogP contribution in [0.1, 0.15) is 37.0 Å². The van der Waals surface area contributed by atoms with Gasteiger partial charge in [-0.2, -0.15) is 0 Å². The molecule has 1 N–H and O–H groups in total. The van der Waals surface area contributed by atoms with E-state index >= 15 is 0 Å². The molecule has 0 spiro atoms. The number of carbonyl (C=O) groups is 2. The van der Waals surface area contributed by atoms with Gasteiger partial charge in [0.2, 0.25) is 11.8 Å². The van der Waals surface area contributed by atoms with Gasteiger partial charge in [0.15, 0.2) is 0 Å². The van der Waals surface area contributed by atoms with E-state index in [-0.39, 0.29) is 18.2 Å². The lowest BCUT2D eigenvalue weighted by molar-refractivity contribution is -0.140. The van der Waals surface area contributed by atoms with Crippen LogP contribution >= 0.6 is 11.6 Å². The zero-order valence-corrected chi connectivity index (χ0v) is 16.9. The Morgan fingerprint density at radius 1 is 1.11 bits per heavy atom. The van der Waals surface area contributed by atoms with Gasteiger partial charge in [0.1, 0.15) is 6.04 Å². The van der Waals surface area contributed by atoms with E-state index in [0.717, 1.165) is 23.1 Å². The number of nitrogens with zero attached hydrogens (tertiary/aromatic N) is 1. The highest BCUT2D eigenvalue weighted by Crippen LogP contribution is 2.16. The minimum Gasteiger partial charge on any atom is -0.354 e. The van der Waals surface area contributed by atoms with E-state index in [4.69, 9.17) is 11.6 Å². The molecule has 0 aliphatic carbocycles. The van der Waals surface area contributed by atoms with Crippen LogP contribution in [0.3, 0.4) is 0 Å². The molecule has 144 valence electrons. The molecule has 2 rings (SSSR count). The molecule has 1 atom stereocenters. The molecule has 0 aliphatic heterocycles. The van der Waals surface area contributed by atoms with Crippen molar-refractivity contribution in [2.45, 2.75) is 46.2 Å². The van der Waals surface area contributed by atoms with Gasteiger partial charge in [0.25, 0.3) is 0 Å². The van der Waals surface area contributed by atoms with Gasteiger partial charge in [-0.1, -0.05) is 60.5 Å². The van der Waals surface area contributed by atoms with E-state index in [0.29, 0.717) is 18.1 Å². The van der Waals surface area contributed by atoms with Crippen molar-refractivity contribution in [3.8, 4) is 0 Å². The molecule has 0 saturated carbocycles. The molecule has 2 amide bonds. The van der Waals surface area contributed by atoms with Crippen molar-refractivity contribution in [1.82, 2.24) is 10.2 Å². The Bertz CT molecular complexity index is 791. The summed E-state index contributed by atoms with van der Waals surface area (Å²) < 4.78 is 0. The fraction of sp³-hybridized carbons (Fsp3) is 0.364. The van der Waals surface area contributed by atoms with Crippen molar-refractivity contribution in [3.63, 3.8) is 0 Å². The molecular weight excluding hydrogens is 360 g/mol. The zero-order valence-electron chi connectivity index (χ0n) is 16.2. The van der Waals surface area contributed by atoms with Gasteiger partial charge < -0.3 is 10.2 Å². The van der Waals surface area contributed by atoms with Crippen LogP contribution < -0.4 is 5.32 Å². The van der Waals surface area contributed by atoms with Crippen molar-refractivity contribution in [2.75, 3.05) is 6.54 Å². The van der Waals surface area contributed by atoms with Crippen molar-refractivity contribution >= 4 is 23.4 Å². The third kappa shape index (κ3) is 6.40. The van der Waals surface area contributed by atoms with Gasteiger partial charge in [-0.15, -0.1) is 0 Å². The van der Waals surface area contributed by atoms with E-state index in [2.05, 4.69) is 5.32 Å². The minimum atomic E-state index is -0.562. The maximum atomic E-state index is 13.0. The van der Waals surface area contributed by atoms with Crippen LogP contribution in [-0.2, 0) is 22.6 Å². The highest BCUT2D eigenvalue weighted by atomic mass is 35.5.